The van der Waals surface area contributed by atoms with E-state index in [1.807, 2.05) is 18.2 Å². The van der Waals surface area contributed by atoms with E-state index in [1.54, 1.807) is 11.8 Å². The molecule has 0 bridgehead atoms. The van der Waals surface area contributed by atoms with Crippen molar-refractivity contribution >= 4 is 28.6 Å². The number of thioether (sulfide) groups is 1. The number of hydrogen-bond acceptors (Lipinski definition) is 2. The summed E-state index contributed by atoms with van der Waals surface area (Å²) in [6, 6.07) is 20.0. The number of carbonyl (C=O) groups excluding carboxylic acids is 1. The van der Waals surface area contributed by atoms with E-state index in [0.29, 0.717) is 6.54 Å². The number of hydrogen-bond donors (Lipinski definition) is 1. The molecule has 1 aromatic heterocycles. The normalized spacial score (nSPS) is 11.1. The summed E-state index contributed by atoms with van der Waals surface area (Å²) in [5, 5.41) is 3.76. The lowest BCUT2D eigenvalue weighted by Crippen LogP contribution is -2.28. The van der Waals surface area contributed by atoms with Crippen LogP contribution in [0.1, 0.15) is 21.5 Å². The van der Waals surface area contributed by atoms with Crippen molar-refractivity contribution in [3.05, 3.63) is 101 Å². The van der Waals surface area contributed by atoms with Crippen LogP contribution in [0, 0.1) is 18.6 Å². The molecule has 4 aromatic rings. The standard InChI is InChI=1S/C25H22F2N2OS/c1-17-9-11-18(12-10-17)16-31-23-15-29(22-8-3-2-5-19(22)23)14-13-28-25(30)24-20(26)6-4-7-21(24)27/h2-12,15H,13-14,16H2,1H3,(H,28,30). The molecule has 0 fully saturated rings. The number of rotatable bonds is 7. The van der Waals surface area contributed by atoms with Crippen molar-refractivity contribution in [1.82, 2.24) is 9.88 Å². The van der Waals surface area contributed by atoms with Gasteiger partial charge in [0.05, 0.1) is 0 Å². The van der Waals surface area contributed by atoms with E-state index in [-0.39, 0.29) is 6.54 Å². The van der Waals surface area contributed by atoms with Gasteiger partial charge in [-0.1, -0.05) is 54.1 Å². The number of para-hydroxylation sites is 1. The molecule has 0 radical (unpaired) electrons. The summed E-state index contributed by atoms with van der Waals surface area (Å²) in [6.45, 7) is 2.82. The van der Waals surface area contributed by atoms with Crippen LogP contribution < -0.4 is 5.32 Å². The average Bonchev–Trinajstić information content (AvgIpc) is 3.11. The highest BCUT2D eigenvalue weighted by atomic mass is 32.2. The first-order valence-electron chi connectivity index (χ1n) is 10.0. The average molecular weight is 437 g/mol. The molecule has 3 aromatic carbocycles. The first-order chi connectivity index (χ1) is 15.0. The lowest BCUT2D eigenvalue weighted by molar-refractivity contribution is 0.0944. The maximum Gasteiger partial charge on any atom is 0.257 e. The van der Waals surface area contributed by atoms with Gasteiger partial charge in [0.1, 0.15) is 17.2 Å². The zero-order chi connectivity index (χ0) is 21.8. The van der Waals surface area contributed by atoms with Gasteiger partial charge in [0.2, 0.25) is 0 Å². The van der Waals surface area contributed by atoms with Crippen LogP contribution in [0.2, 0.25) is 0 Å². The van der Waals surface area contributed by atoms with E-state index in [1.165, 1.54) is 17.2 Å². The molecule has 1 amide bonds. The number of carbonyl (C=O) groups is 1. The molecular formula is C25H22F2N2OS. The first-order valence-corrected chi connectivity index (χ1v) is 11.0. The lowest BCUT2D eigenvalue weighted by Gasteiger charge is -2.09. The van der Waals surface area contributed by atoms with Gasteiger partial charge in [0.15, 0.2) is 0 Å². The summed E-state index contributed by atoms with van der Waals surface area (Å²) in [7, 11) is 0. The van der Waals surface area contributed by atoms with E-state index >= 15 is 0 Å². The number of halogens is 2. The highest BCUT2D eigenvalue weighted by Crippen LogP contribution is 2.32. The van der Waals surface area contributed by atoms with Gasteiger partial charge in [-0.05, 0) is 30.7 Å². The van der Waals surface area contributed by atoms with Crippen molar-refractivity contribution in [3.8, 4) is 0 Å². The monoisotopic (exact) mass is 436 g/mol. The summed E-state index contributed by atoms with van der Waals surface area (Å²) in [5.41, 5.74) is 3.00. The van der Waals surface area contributed by atoms with Crippen LogP contribution in [-0.2, 0) is 12.3 Å². The van der Waals surface area contributed by atoms with E-state index < -0.39 is 23.1 Å². The molecule has 3 nitrogen and oxygen atoms in total. The summed E-state index contributed by atoms with van der Waals surface area (Å²) < 4.78 is 29.7. The van der Waals surface area contributed by atoms with Crippen molar-refractivity contribution < 1.29 is 13.6 Å². The molecule has 0 saturated heterocycles. The van der Waals surface area contributed by atoms with Gasteiger partial charge in [-0.25, -0.2) is 8.78 Å². The Balaban J connectivity index is 1.45. The fourth-order valence-corrected chi connectivity index (χ4v) is 4.50. The minimum atomic E-state index is -0.862. The highest BCUT2D eigenvalue weighted by molar-refractivity contribution is 7.98. The lowest BCUT2D eigenvalue weighted by atomic mass is 10.2. The van der Waals surface area contributed by atoms with Gasteiger partial charge in [0.25, 0.3) is 5.91 Å². The van der Waals surface area contributed by atoms with E-state index in [2.05, 4.69) is 53.3 Å². The maximum absolute atomic E-state index is 13.8. The summed E-state index contributed by atoms with van der Waals surface area (Å²) >= 11 is 1.76. The van der Waals surface area contributed by atoms with E-state index in [9.17, 15) is 13.6 Å². The molecule has 0 spiro atoms. The van der Waals surface area contributed by atoms with Crippen molar-refractivity contribution in [2.75, 3.05) is 6.54 Å². The fourth-order valence-electron chi connectivity index (χ4n) is 3.45. The maximum atomic E-state index is 13.8. The third kappa shape index (κ3) is 4.80. The van der Waals surface area contributed by atoms with Crippen LogP contribution >= 0.6 is 11.8 Å². The van der Waals surface area contributed by atoms with Gasteiger partial charge >= 0.3 is 0 Å². The molecule has 31 heavy (non-hydrogen) atoms. The Bertz CT molecular complexity index is 1200. The highest BCUT2D eigenvalue weighted by Gasteiger charge is 2.16. The Morgan fingerprint density at radius 1 is 0.968 bits per heavy atom. The SMILES string of the molecule is Cc1ccc(CSc2cn(CCNC(=O)c3c(F)cccc3F)c3ccccc23)cc1. The largest absolute Gasteiger partial charge is 0.350 e. The Morgan fingerprint density at radius 2 is 1.68 bits per heavy atom. The van der Waals surface area contributed by atoms with Crippen LogP contribution in [0.3, 0.4) is 0 Å². The fraction of sp³-hybridized carbons (Fsp3) is 0.160. The number of aryl methyl sites for hydroxylation is 1. The van der Waals surface area contributed by atoms with Gasteiger partial charge in [0, 0.05) is 40.8 Å². The second-order valence-electron chi connectivity index (χ2n) is 7.33. The zero-order valence-electron chi connectivity index (χ0n) is 17.1. The van der Waals surface area contributed by atoms with Gasteiger partial charge < -0.3 is 9.88 Å². The molecule has 0 unspecified atom stereocenters. The molecule has 1 heterocycles. The Hall–Kier alpha value is -3.12. The minimum Gasteiger partial charge on any atom is -0.350 e. The summed E-state index contributed by atoms with van der Waals surface area (Å²) in [6.07, 6.45) is 2.07. The molecule has 0 aliphatic rings. The number of nitrogens with one attached hydrogen (secondary N) is 1. The second-order valence-corrected chi connectivity index (χ2v) is 8.35. The van der Waals surface area contributed by atoms with Crippen LogP contribution in [0.15, 0.2) is 77.8 Å². The second kappa shape index (κ2) is 9.35. The molecule has 0 atom stereocenters. The number of fused-ring (bicyclic) bond motifs is 1. The van der Waals surface area contributed by atoms with Crippen LogP contribution in [0.25, 0.3) is 10.9 Å². The molecule has 0 aliphatic heterocycles. The van der Waals surface area contributed by atoms with Gasteiger partial charge in [-0.15, -0.1) is 11.8 Å². The Morgan fingerprint density at radius 3 is 2.42 bits per heavy atom. The van der Waals surface area contributed by atoms with E-state index in [0.717, 1.165) is 33.7 Å². The molecule has 4 rings (SSSR count). The predicted molar refractivity (Wildman–Crippen MR) is 121 cm³/mol. The van der Waals surface area contributed by atoms with Gasteiger partial charge in [-0.3, -0.25) is 4.79 Å². The molecule has 6 heteroatoms. The van der Waals surface area contributed by atoms with Crippen LogP contribution in [0.5, 0.6) is 0 Å². The molecule has 158 valence electrons. The molecule has 0 aliphatic carbocycles. The van der Waals surface area contributed by atoms with Crippen molar-refractivity contribution in [3.63, 3.8) is 0 Å². The minimum absolute atomic E-state index is 0.257. The Labute approximate surface area is 184 Å². The van der Waals surface area contributed by atoms with Crippen molar-refractivity contribution in [2.24, 2.45) is 0 Å². The number of amides is 1. The number of nitrogens with zero attached hydrogens (tertiary/aromatic N) is 1. The molecule has 1 N–H and O–H groups in total. The third-order valence-corrected chi connectivity index (χ3v) is 6.21. The van der Waals surface area contributed by atoms with Gasteiger partial charge in [-0.2, -0.15) is 0 Å². The van der Waals surface area contributed by atoms with Crippen molar-refractivity contribution in [2.45, 2.75) is 24.1 Å². The Kier molecular flexibility index (Phi) is 6.37. The smallest absolute Gasteiger partial charge is 0.257 e. The van der Waals surface area contributed by atoms with Crippen LogP contribution in [-0.4, -0.2) is 17.0 Å². The zero-order valence-corrected chi connectivity index (χ0v) is 17.9. The summed E-state index contributed by atoms with van der Waals surface area (Å²) in [5.74, 6) is -1.61. The molecule has 0 saturated carbocycles. The third-order valence-electron chi connectivity index (χ3n) is 5.10. The molecular weight excluding hydrogens is 414 g/mol. The predicted octanol–water partition coefficient (Wildman–Crippen LogP) is 5.95. The number of aromatic nitrogens is 1. The number of benzene rings is 3. The van der Waals surface area contributed by atoms with Crippen LogP contribution in [0.4, 0.5) is 8.78 Å². The first kappa shape index (κ1) is 21.1. The van der Waals surface area contributed by atoms with E-state index in [4.69, 9.17) is 0 Å². The topological polar surface area (TPSA) is 34.0 Å². The quantitative estimate of drug-likeness (QED) is 0.363. The van der Waals surface area contributed by atoms with Crippen molar-refractivity contribution in [1.29, 1.82) is 0 Å². The summed E-state index contributed by atoms with van der Waals surface area (Å²) in [4.78, 5) is 13.4.